The minimum Gasteiger partial charge on any atom is -0.368 e. The van der Waals surface area contributed by atoms with Crippen molar-refractivity contribution in [2.45, 2.75) is 4.90 Å². The maximum atomic E-state index is 10.7. The lowest BCUT2D eigenvalue weighted by Gasteiger charge is -2.15. The lowest BCUT2D eigenvalue weighted by Crippen LogP contribution is -2.31. The molecule has 0 radical (unpaired) electrons. The van der Waals surface area contributed by atoms with E-state index in [1.165, 1.54) is 4.90 Å². The van der Waals surface area contributed by atoms with Crippen LogP contribution in [-0.2, 0) is 4.79 Å². The molecule has 68 valence electrons. The Morgan fingerprint density at radius 1 is 1.54 bits per heavy atom. The van der Waals surface area contributed by atoms with Gasteiger partial charge in [0.05, 0.1) is 18.1 Å². The number of benzene rings is 1. The van der Waals surface area contributed by atoms with Crippen molar-refractivity contribution in [2.75, 3.05) is 17.3 Å². The summed E-state index contributed by atoms with van der Waals surface area (Å²) in [4.78, 5) is 14.0. The zero-order chi connectivity index (χ0) is 9.26. The summed E-state index contributed by atoms with van der Waals surface area (Å²) in [5, 5.41) is 0. The normalized spacial score (nSPS) is 14.3. The van der Waals surface area contributed by atoms with Gasteiger partial charge in [-0.15, -0.1) is 11.8 Å². The van der Waals surface area contributed by atoms with Crippen LogP contribution in [0.1, 0.15) is 0 Å². The summed E-state index contributed by atoms with van der Waals surface area (Å²) in [6.07, 6.45) is 0. The van der Waals surface area contributed by atoms with Gasteiger partial charge in [-0.05, 0) is 12.1 Å². The second kappa shape index (κ2) is 3.30. The summed E-state index contributed by atoms with van der Waals surface area (Å²) in [5.41, 5.74) is 6.26. The lowest BCUT2D eigenvalue weighted by molar-refractivity contribution is -0.116. The molecule has 3 nitrogen and oxygen atoms in total. The molecule has 1 aromatic rings. The van der Waals surface area contributed by atoms with Gasteiger partial charge in [-0.25, -0.2) is 0 Å². The summed E-state index contributed by atoms with van der Waals surface area (Å²) in [6.45, 7) is 0.310. The number of thioether (sulfide) groups is 1. The van der Waals surface area contributed by atoms with Crippen molar-refractivity contribution in [1.82, 2.24) is 0 Å². The van der Waals surface area contributed by atoms with E-state index in [9.17, 15) is 4.79 Å². The first-order valence-corrected chi connectivity index (χ1v) is 5.01. The van der Waals surface area contributed by atoms with E-state index < -0.39 is 0 Å². The standard InChI is InChI=1S/C9H10N2OS/c10-9(12)5-11-6-13-8-4-2-1-3-7(8)11/h1-4H,5-6H2,(H2,10,12). The van der Waals surface area contributed by atoms with E-state index in [0.29, 0.717) is 6.54 Å². The van der Waals surface area contributed by atoms with E-state index in [0.717, 1.165) is 11.6 Å². The third-order valence-electron chi connectivity index (χ3n) is 1.93. The topological polar surface area (TPSA) is 46.3 Å². The summed E-state index contributed by atoms with van der Waals surface area (Å²) in [5.74, 6) is 0.541. The monoisotopic (exact) mass is 194 g/mol. The van der Waals surface area contributed by atoms with Crippen LogP contribution in [0, 0.1) is 0 Å². The number of para-hydroxylation sites is 1. The van der Waals surface area contributed by atoms with E-state index in [1.807, 2.05) is 23.1 Å². The smallest absolute Gasteiger partial charge is 0.236 e. The van der Waals surface area contributed by atoms with Gasteiger partial charge in [0.2, 0.25) is 5.91 Å². The zero-order valence-electron chi connectivity index (χ0n) is 7.06. The first kappa shape index (κ1) is 8.44. The SMILES string of the molecule is NC(=O)CN1CSc2ccccc21. The average molecular weight is 194 g/mol. The van der Waals surface area contributed by atoms with E-state index in [2.05, 4.69) is 6.07 Å². The molecular formula is C9H10N2OS. The van der Waals surface area contributed by atoms with Crippen molar-refractivity contribution >= 4 is 23.4 Å². The van der Waals surface area contributed by atoms with E-state index in [1.54, 1.807) is 11.8 Å². The van der Waals surface area contributed by atoms with Crippen LogP contribution >= 0.6 is 11.8 Å². The molecule has 1 aliphatic rings. The van der Waals surface area contributed by atoms with E-state index in [4.69, 9.17) is 5.73 Å². The molecule has 0 aromatic heterocycles. The summed E-state index contributed by atoms with van der Waals surface area (Å²) in [7, 11) is 0. The molecule has 0 aliphatic carbocycles. The number of carbonyl (C=O) groups is 1. The number of primary amides is 1. The Hall–Kier alpha value is -1.16. The molecule has 2 N–H and O–H groups in total. The molecule has 0 unspecified atom stereocenters. The highest BCUT2D eigenvalue weighted by molar-refractivity contribution is 7.99. The predicted molar refractivity (Wildman–Crippen MR) is 53.7 cm³/mol. The van der Waals surface area contributed by atoms with Gasteiger partial charge in [0, 0.05) is 4.90 Å². The molecular weight excluding hydrogens is 184 g/mol. The number of fused-ring (bicyclic) bond motifs is 1. The number of anilines is 1. The van der Waals surface area contributed by atoms with Gasteiger partial charge in [-0.3, -0.25) is 4.79 Å². The molecule has 0 fully saturated rings. The van der Waals surface area contributed by atoms with Crippen LogP contribution in [-0.4, -0.2) is 18.3 Å². The average Bonchev–Trinajstić information content (AvgIpc) is 2.48. The number of rotatable bonds is 2. The fourth-order valence-electron chi connectivity index (χ4n) is 1.38. The molecule has 0 saturated carbocycles. The van der Waals surface area contributed by atoms with Crippen molar-refractivity contribution in [1.29, 1.82) is 0 Å². The number of carbonyl (C=O) groups excluding carboxylic acids is 1. The Bertz CT molecular complexity index is 340. The molecule has 0 atom stereocenters. The molecule has 1 aliphatic heterocycles. The van der Waals surface area contributed by atoms with Crippen molar-refractivity contribution in [3.8, 4) is 0 Å². The van der Waals surface area contributed by atoms with Gasteiger partial charge in [0.15, 0.2) is 0 Å². The van der Waals surface area contributed by atoms with Gasteiger partial charge in [0.25, 0.3) is 0 Å². The van der Waals surface area contributed by atoms with Crippen LogP contribution in [0.25, 0.3) is 0 Å². The maximum absolute atomic E-state index is 10.7. The molecule has 0 bridgehead atoms. The zero-order valence-corrected chi connectivity index (χ0v) is 7.88. The first-order chi connectivity index (χ1) is 6.27. The van der Waals surface area contributed by atoms with Crippen LogP contribution in [0.3, 0.4) is 0 Å². The molecule has 13 heavy (non-hydrogen) atoms. The Morgan fingerprint density at radius 2 is 2.31 bits per heavy atom. The van der Waals surface area contributed by atoms with Gasteiger partial charge < -0.3 is 10.6 Å². The first-order valence-electron chi connectivity index (χ1n) is 4.02. The Labute approximate surface area is 80.9 Å². The summed E-state index contributed by atoms with van der Waals surface area (Å²) >= 11 is 1.74. The maximum Gasteiger partial charge on any atom is 0.236 e. The highest BCUT2D eigenvalue weighted by Crippen LogP contribution is 2.37. The van der Waals surface area contributed by atoms with Crippen molar-refractivity contribution in [3.63, 3.8) is 0 Å². The highest BCUT2D eigenvalue weighted by atomic mass is 32.2. The van der Waals surface area contributed by atoms with Crippen LogP contribution < -0.4 is 10.6 Å². The number of amides is 1. The fraction of sp³-hybridized carbons (Fsp3) is 0.222. The second-order valence-corrected chi connectivity index (χ2v) is 3.89. The van der Waals surface area contributed by atoms with Crippen LogP contribution in [0.5, 0.6) is 0 Å². The van der Waals surface area contributed by atoms with E-state index >= 15 is 0 Å². The molecule has 4 heteroatoms. The Kier molecular flexibility index (Phi) is 2.14. The van der Waals surface area contributed by atoms with Crippen molar-refractivity contribution in [2.24, 2.45) is 5.73 Å². The van der Waals surface area contributed by atoms with Crippen LogP contribution in [0.15, 0.2) is 29.2 Å². The van der Waals surface area contributed by atoms with Gasteiger partial charge in [-0.2, -0.15) is 0 Å². The van der Waals surface area contributed by atoms with E-state index in [-0.39, 0.29) is 5.91 Å². The van der Waals surface area contributed by atoms with Gasteiger partial charge in [-0.1, -0.05) is 12.1 Å². The Balaban J connectivity index is 2.23. The van der Waals surface area contributed by atoms with Gasteiger partial charge >= 0.3 is 0 Å². The van der Waals surface area contributed by atoms with Crippen molar-refractivity contribution in [3.05, 3.63) is 24.3 Å². The molecule has 1 amide bonds. The minimum absolute atomic E-state index is 0.280. The summed E-state index contributed by atoms with van der Waals surface area (Å²) < 4.78 is 0. The number of nitrogens with two attached hydrogens (primary N) is 1. The molecule has 0 saturated heterocycles. The predicted octanol–water partition coefficient (Wildman–Crippen LogP) is 1.04. The number of hydrogen-bond acceptors (Lipinski definition) is 3. The highest BCUT2D eigenvalue weighted by Gasteiger charge is 2.19. The molecule has 2 rings (SSSR count). The third-order valence-corrected chi connectivity index (χ3v) is 3.03. The Morgan fingerprint density at radius 3 is 3.08 bits per heavy atom. The quantitative estimate of drug-likeness (QED) is 0.765. The lowest BCUT2D eigenvalue weighted by atomic mass is 10.3. The van der Waals surface area contributed by atoms with Crippen molar-refractivity contribution < 1.29 is 4.79 Å². The van der Waals surface area contributed by atoms with Crippen LogP contribution in [0.4, 0.5) is 5.69 Å². The fourth-order valence-corrected chi connectivity index (χ4v) is 2.42. The molecule has 1 heterocycles. The van der Waals surface area contributed by atoms with Gasteiger partial charge in [0.1, 0.15) is 0 Å². The third kappa shape index (κ3) is 1.62. The summed E-state index contributed by atoms with van der Waals surface area (Å²) in [6, 6.07) is 8.04. The minimum atomic E-state index is -0.280. The molecule has 1 aromatic carbocycles. The number of hydrogen-bond donors (Lipinski definition) is 1. The largest absolute Gasteiger partial charge is 0.368 e. The second-order valence-electron chi connectivity index (χ2n) is 2.91. The van der Waals surface area contributed by atoms with Crippen LogP contribution in [0.2, 0.25) is 0 Å². The molecule has 0 spiro atoms. The number of nitrogens with zero attached hydrogens (tertiary/aromatic N) is 1.